The summed E-state index contributed by atoms with van der Waals surface area (Å²) in [5.74, 6) is 2.35. The van der Waals surface area contributed by atoms with E-state index in [9.17, 15) is 0 Å². The minimum atomic E-state index is 0.430. The molecule has 0 spiro atoms. The zero-order valence-electron chi connectivity index (χ0n) is 12.2. The number of aromatic amines is 1. The lowest BCUT2D eigenvalue weighted by atomic mass is 10.0. The second-order valence-electron chi connectivity index (χ2n) is 5.79. The Labute approximate surface area is 116 Å². The number of H-pyrrole nitrogens is 1. The van der Waals surface area contributed by atoms with Crippen LogP contribution in [0.2, 0.25) is 0 Å². The van der Waals surface area contributed by atoms with Gasteiger partial charge in [-0.1, -0.05) is 53.4 Å². The van der Waals surface area contributed by atoms with Crippen molar-refractivity contribution in [3.63, 3.8) is 0 Å². The first-order chi connectivity index (χ1) is 8.52. The standard InChI is InChI=1S/C14H27N3S/c1-11(2)9-7-5-6-8-10-17-13(12(3)4)15-16-14(17)18/h11-12H,5-10H2,1-4H3,(H,16,18). The molecule has 1 heterocycles. The first-order valence-electron chi connectivity index (χ1n) is 7.17. The quantitative estimate of drug-likeness (QED) is 0.549. The molecule has 1 aromatic rings. The molecule has 0 saturated heterocycles. The minimum Gasteiger partial charge on any atom is -0.304 e. The number of rotatable bonds is 8. The van der Waals surface area contributed by atoms with Crippen molar-refractivity contribution in [1.82, 2.24) is 14.8 Å². The monoisotopic (exact) mass is 269 g/mol. The summed E-state index contributed by atoms with van der Waals surface area (Å²) in [5, 5.41) is 7.20. The van der Waals surface area contributed by atoms with Crippen molar-refractivity contribution in [3.8, 4) is 0 Å². The summed E-state index contributed by atoms with van der Waals surface area (Å²) in [4.78, 5) is 0. The fourth-order valence-corrected chi connectivity index (χ4v) is 2.39. The molecule has 1 rings (SSSR count). The van der Waals surface area contributed by atoms with Crippen LogP contribution in [0.25, 0.3) is 0 Å². The molecule has 1 aromatic heterocycles. The van der Waals surface area contributed by atoms with Crippen LogP contribution in [0, 0.1) is 10.7 Å². The highest BCUT2D eigenvalue weighted by Crippen LogP contribution is 2.14. The fraction of sp³-hybridized carbons (Fsp3) is 0.857. The lowest BCUT2D eigenvalue weighted by Gasteiger charge is -2.09. The summed E-state index contributed by atoms with van der Waals surface area (Å²) in [5.41, 5.74) is 0. The predicted molar refractivity (Wildman–Crippen MR) is 79.4 cm³/mol. The van der Waals surface area contributed by atoms with Crippen LogP contribution < -0.4 is 0 Å². The predicted octanol–water partition coefficient (Wildman–Crippen LogP) is 4.67. The van der Waals surface area contributed by atoms with Gasteiger partial charge >= 0.3 is 0 Å². The largest absolute Gasteiger partial charge is 0.304 e. The topological polar surface area (TPSA) is 33.6 Å². The summed E-state index contributed by atoms with van der Waals surface area (Å²) < 4.78 is 2.92. The van der Waals surface area contributed by atoms with Crippen LogP contribution in [-0.4, -0.2) is 14.8 Å². The van der Waals surface area contributed by atoms with E-state index >= 15 is 0 Å². The lowest BCUT2D eigenvalue weighted by molar-refractivity contribution is 0.498. The van der Waals surface area contributed by atoms with Gasteiger partial charge in [-0.2, -0.15) is 5.10 Å². The second kappa shape index (κ2) is 7.72. The summed E-state index contributed by atoms with van der Waals surface area (Å²) in [6.45, 7) is 9.90. The number of unbranched alkanes of at least 4 members (excludes halogenated alkanes) is 3. The maximum absolute atomic E-state index is 5.27. The summed E-state index contributed by atoms with van der Waals surface area (Å²) >= 11 is 5.27. The molecule has 0 radical (unpaired) electrons. The Balaban J connectivity index is 2.31. The van der Waals surface area contributed by atoms with Crippen LogP contribution in [0.3, 0.4) is 0 Å². The van der Waals surface area contributed by atoms with Crippen molar-refractivity contribution in [3.05, 3.63) is 10.6 Å². The van der Waals surface area contributed by atoms with E-state index in [2.05, 4.69) is 42.5 Å². The van der Waals surface area contributed by atoms with Crippen LogP contribution in [0.4, 0.5) is 0 Å². The van der Waals surface area contributed by atoms with Crippen LogP contribution in [0.15, 0.2) is 0 Å². The van der Waals surface area contributed by atoms with E-state index in [0.29, 0.717) is 5.92 Å². The van der Waals surface area contributed by atoms with Crippen LogP contribution in [0.5, 0.6) is 0 Å². The Kier molecular flexibility index (Phi) is 6.61. The first-order valence-corrected chi connectivity index (χ1v) is 7.58. The number of hydrogen-bond donors (Lipinski definition) is 1. The van der Waals surface area contributed by atoms with Gasteiger partial charge < -0.3 is 4.57 Å². The third-order valence-electron chi connectivity index (χ3n) is 3.22. The van der Waals surface area contributed by atoms with Crippen molar-refractivity contribution in [2.24, 2.45) is 5.92 Å². The van der Waals surface area contributed by atoms with E-state index in [0.717, 1.165) is 23.1 Å². The molecule has 0 bridgehead atoms. The van der Waals surface area contributed by atoms with Crippen molar-refractivity contribution in [2.75, 3.05) is 0 Å². The molecule has 4 heteroatoms. The van der Waals surface area contributed by atoms with Crippen LogP contribution in [0.1, 0.15) is 71.5 Å². The molecule has 0 aliphatic heterocycles. The van der Waals surface area contributed by atoms with Gasteiger partial charge in [0.15, 0.2) is 4.77 Å². The third-order valence-corrected chi connectivity index (χ3v) is 3.53. The van der Waals surface area contributed by atoms with Crippen molar-refractivity contribution in [1.29, 1.82) is 0 Å². The molecule has 3 nitrogen and oxygen atoms in total. The molecular weight excluding hydrogens is 242 g/mol. The molecular formula is C14H27N3S. The van der Waals surface area contributed by atoms with Gasteiger partial charge in [0.1, 0.15) is 5.82 Å². The molecule has 104 valence electrons. The van der Waals surface area contributed by atoms with E-state index in [-0.39, 0.29) is 0 Å². The molecule has 0 aromatic carbocycles. The molecule has 0 amide bonds. The number of hydrogen-bond acceptors (Lipinski definition) is 2. The summed E-state index contributed by atoms with van der Waals surface area (Å²) in [6.07, 6.45) is 6.52. The fourth-order valence-electron chi connectivity index (χ4n) is 2.16. The van der Waals surface area contributed by atoms with Gasteiger partial charge in [0.2, 0.25) is 0 Å². The zero-order chi connectivity index (χ0) is 13.5. The van der Waals surface area contributed by atoms with Gasteiger partial charge in [-0.15, -0.1) is 0 Å². The minimum absolute atomic E-state index is 0.430. The molecule has 0 unspecified atom stereocenters. The van der Waals surface area contributed by atoms with E-state index in [4.69, 9.17) is 12.2 Å². The van der Waals surface area contributed by atoms with E-state index in [1.165, 1.54) is 32.1 Å². The van der Waals surface area contributed by atoms with Gasteiger partial charge in [0.25, 0.3) is 0 Å². The Morgan fingerprint density at radius 1 is 1.11 bits per heavy atom. The van der Waals surface area contributed by atoms with Gasteiger partial charge in [-0.25, -0.2) is 0 Å². The average molecular weight is 269 g/mol. The van der Waals surface area contributed by atoms with Gasteiger partial charge in [0.05, 0.1) is 0 Å². The normalized spacial score (nSPS) is 11.7. The maximum Gasteiger partial charge on any atom is 0.195 e. The van der Waals surface area contributed by atoms with Crippen molar-refractivity contribution < 1.29 is 0 Å². The highest BCUT2D eigenvalue weighted by molar-refractivity contribution is 7.71. The summed E-state index contributed by atoms with van der Waals surface area (Å²) in [6, 6.07) is 0. The molecule has 0 saturated carbocycles. The lowest BCUT2D eigenvalue weighted by Crippen LogP contribution is -2.06. The molecule has 0 aliphatic carbocycles. The molecule has 0 aliphatic rings. The van der Waals surface area contributed by atoms with Crippen molar-refractivity contribution >= 4 is 12.2 Å². The highest BCUT2D eigenvalue weighted by atomic mass is 32.1. The molecule has 0 fully saturated rings. The molecule has 18 heavy (non-hydrogen) atoms. The average Bonchev–Trinajstić information content (AvgIpc) is 2.65. The Morgan fingerprint density at radius 3 is 2.39 bits per heavy atom. The first kappa shape index (κ1) is 15.4. The molecule has 0 atom stereocenters. The highest BCUT2D eigenvalue weighted by Gasteiger charge is 2.09. The van der Waals surface area contributed by atoms with E-state index in [1.54, 1.807) is 0 Å². The Bertz CT molecular complexity index is 390. The van der Waals surface area contributed by atoms with E-state index < -0.39 is 0 Å². The zero-order valence-corrected chi connectivity index (χ0v) is 13.0. The SMILES string of the molecule is CC(C)CCCCCCn1c(C(C)C)n[nH]c1=S. The third kappa shape index (κ3) is 4.92. The van der Waals surface area contributed by atoms with Gasteiger partial charge in [0, 0.05) is 12.5 Å². The number of nitrogens with zero attached hydrogens (tertiary/aromatic N) is 2. The van der Waals surface area contributed by atoms with Crippen LogP contribution in [-0.2, 0) is 6.54 Å². The Morgan fingerprint density at radius 2 is 1.78 bits per heavy atom. The maximum atomic E-state index is 5.27. The Hall–Kier alpha value is -0.640. The number of nitrogens with one attached hydrogen (secondary N) is 1. The second-order valence-corrected chi connectivity index (χ2v) is 6.18. The molecule has 1 N–H and O–H groups in total. The van der Waals surface area contributed by atoms with Crippen LogP contribution >= 0.6 is 12.2 Å². The smallest absolute Gasteiger partial charge is 0.195 e. The summed E-state index contributed by atoms with van der Waals surface area (Å²) in [7, 11) is 0. The van der Waals surface area contributed by atoms with Gasteiger partial charge in [-0.05, 0) is 24.6 Å². The van der Waals surface area contributed by atoms with Gasteiger partial charge in [-0.3, -0.25) is 5.10 Å². The van der Waals surface area contributed by atoms with E-state index in [1.807, 2.05) is 0 Å². The van der Waals surface area contributed by atoms with Crippen molar-refractivity contribution in [2.45, 2.75) is 72.3 Å². The number of aromatic nitrogens is 3.